The Bertz CT molecular complexity index is 854. The van der Waals surface area contributed by atoms with Gasteiger partial charge >= 0.3 is 6.09 Å². The van der Waals surface area contributed by atoms with Crippen LogP contribution in [0.15, 0.2) is 28.8 Å². The third kappa shape index (κ3) is 7.09. The van der Waals surface area contributed by atoms with Gasteiger partial charge in [-0.2, -0.15) is 0 Å². The van der Waals surface area contributed by atoms with Crippen LogP contribution in [0.4, 0.5) is 10.5 Å². The lowest BCUT2D eigenvalue weighted by molar-refractivity contribution is -0.113. The molecule has 1 N–H and O–H groups in total. The van der Waals surface area contributed by atoms with Crippen molar-refractivity contribution in [2.24, 2.45) is 0 Å². The lowest BCUT2D eigenvalue weighted by atomic mass is 10.1. The number of aromatic nitrogens is 1. The van der Waals surface area contributed by atoms with E-state index in [9.17, 15) is 9.59 Å². The van der Waals surface area contributed by atoms with Gasteiger partial charge in [-0.1, -0.05) is 23.4 Å². The zero-order chi connectivity index (χ0) is 22.3. The number of nitrogens with one attached hydrogen (secondary N) is 1. The predicted octanol–water partition coefficient (Wildman–Crippen LogP) is 4.92. The van der Waals surface area contributed by atoms with Crippen LogP contribution in [-0.4, -0.2) is 40.0 Å². The van der Waals surface area contributed by atoms with Gasteiger partial charge in [0.25, 0.3) is 0 Å². The molecule has 0 unspecified atom stereocenters. The molecule has 0 aliphatic heterocycles. The Labute approximate surface area is 182 Å². The van der Waals surface area contributed by atoms with Crippen LogP contribution in [0.1, 0.15) is 50.3 Å². The number of nitrogens with zero attached hydrogens (tertiary/aromatic N) is 2. The second kappa shape index (κ2) is 10.5. The van der Waals surface area contributed by atoms with E-state index in [0.29, 0.717) is 30.3 Å². The second-order valence-electron chi connectivity index (χ2n) is 8.00. The van der Waals surface area contributed by atoms with Crippen LogP contribution in [0.25, 0.3) is 0 Å². The molecule has 0 saturated heterocycles. The maximum atomic E-state index is 12.5. The quantitative estimate of drug-likeness (QED) is 0.636. The van der Waals surface area contributed by atoms with Gasteiger partial charge in [0.15, 0.2) is 0 Å². The molecule has 2 rings (SSSR count). The minimum Gasteiger partial charge on any atom is -0.444 e. The van der Waals surface area contributed by atoms with E-state index >= 15 is 0 Å². The van der Waals surface area contributed by atoms with Crippen molar-refractivity contribution in [2.75, 3.05) is 17.6 Å². The van der Waals surface area contributed by atoms with E-state index in [4.69, 9.17) is 9.26 Å². The van der Waals surface area contributed by atoms with Crippen molar-refractivity contribution >= 4 is 29.4 Å². The Balaban J connectivity index is 1.96. The SMILES string of the molecule is CCN(Cc1ccccc1NC(=O)CSCc1c(C)noc1C)C(=O)OC(C)(C)C. The Kier molecular flexibility index (Phi) is 8.34. The summed E-state index contributed by atoms with van der Waals surface area (Å²) in [6.45, 7) is 12.0. The zero-order valence-electron chi connectivity index (χ0n) is 18.6. The minimum atomic E-state index is -0.559. The highest BCUT2D eigenvalue weighted by molar-refractivity contribution is 7.99. The summed E-state index contributed by atoms with van der Waals surface area (Å²) in [6, 6.07) is 7.49. The first-order chi connectivity index (χ1) is 14.1. The maximum absolute atomic E-state index is 12.5. The van der Waals surface area contributed by atoms with Crippen LogP contribution in [0.5, 0.6) is 0 Å². The molecule has 0 radical (unpaired) electrons. The largest absolute Gasteiger partial charge is 0.444 e. The van der Waals surface area contributed by atoms with Gasteiger partial charge in [0, 0.05) is 23.5 Å². The van der Waals surface area contributed by atoms with Crippen molar-refractivity contribution in [2.45, 2.75) is 59.4 Å². The Morgan fingerprint density at radius 1 is 1.23 bits per heavy atom. The lowest BCUT2D eigenvalue weighted by Crippen LogP contribution is -2.36. The molecule has 0 spiro atoms. The molecule has 1 heterocycles. The average molecular weight is 434 g/mol. The van der Waals surface area contributed by atoms with E-state index in [-0.39, 0.29) is 12.0 Å². The van der Waals surface area contributed by atoms with E-state index in [2.05, 4.69) is 10.5 Å². The van der Waals surface area contributed by atoms with E-state index in [1.165, 1.54) is 11.8 Å². The molecule has 7 nitrogen and oxygen atoms in total. The molecule has 0 fully saturated rings. The number of para-hydroxylation sites is 1. The van der Waals surface area contributed by atoms with Gasteiger partial charge < -0.3 is 19.5 Å². The van der Waals surface area contributed by atoms with E-state index < -0.39 is 5.60 Å². The second-order valence-corrected chi connectivity index (χ2v) is 8.98. The molecular weight excluding hydrogens is 402 g/mol. The number of carbonyl (C=O) groups is 2. The summed E-state index contributed by atoms with van der Waals surface area (Å²) in [5.74, 6) is 1.66. The fourth-order valence-electron chi connectivity index (χ4n) is 2.76. The molecule has 0 aliphatic carbocycles. The van der Waals surface area contributed by atoms with Crippen LogP contribution in [-0.2, 0) is 21.8 Å². The minimum absolute atomic E-state index is 0.0977. The van der Waals surface area contributed by atoms with Crippen molar-refractivity contribution in [1.82, 2.24) is 10.1 Å². The van der Waals surface area contributed by atoms with Crippen molar-refractivity contribution in [3.63, 3.8) is 0 Å². The van der Waals surface area contributed by atoms with E-state index in [0.717, 1.165) is 22.6 Å². The number of hydrogen-bond acceptors (Lipinski definition) is 6. The summed E-state index contributed by atoms with van der Waals surface area (Å²) in [4.78, 5) is 26.5. The van der Waals surface area contributed by atoms with Crippen LogP contribution in [0.3, 0.4) is 0 Å². The average Bonchev–Trinajstić information content (AvgIpc) is 2.97. The first kappa shape index (κ1) is 23.8. The van der Waals surface area contributed by atoms with Gasteiger partial charge in [-0.25, -0.2) is 4.79 Å². The molecule has 1 aromatic heterocycles. The monoisotopic (exact) mass is 433 g/mol. The fourth-order valence-corrected chi connectivity index (χ4v) is 3.73. The summed E-state index contributed by atoms with van der Waals surface area (Å²) >= 11 is 1.51. The lowest BCUT2D eigenvalue weighted by Gasteiger charge is -2.27. The Morgan fingerprint density at radius 3 is 2.53 bits per heavy atom. The highest BCUT2D eigenvalue weighted by Crippen LogP contribution is 2.22. The number of aryl methyl sites for hydroxylation is 2. The van der Waals surface area contributed by atoms with Gasteiger partial charge in [-0.3, -0.25) is 4.79 Å². The Morgan fingerprint density at radius 2 is 1.93 bits per heavy atom. The summed E-state index contributed by atoms with van der Waals surface area (Å²) in [5, 5.41) is 6.89. The molecule has 30 heavy (non-hydrogen) atoms. The highest BCUT2D eigenvalue weighted by atomic mass is 32.2. The third-order valence-corrected chi connectivity index (χ3v) is 5.31. The molecule has 0 saturated carbocycles. The normalized spacial score (nSPS) is 11.3. The first-order valence-corrected chi connectivity index (χ1v) is 11.1. The van der Waals surface area contributed by atoms with Crippen molar-refractivity contribution in [3.8, 4) is 0 Å². The Hall–Kier alpha value is -2.48. The molecule has 2 aromatic rings. The number of ether oxygens (including phenoxy) is 1. The fraction of sp³-hybridized carbons (Fsp3) is 0.500. The van der Waals surface area contributed by atoms with Crippen molar-refractivity contribution in [3.05, 3.63) is 46.8 Å². The summed E-state index contributed by atoms with van der Waals surface area (Å²) < 4.78 is 10.6. The van der Waals surface area contributed by atoms with E-state index in [1.807, 2.05) is 65.8 Å². The number of hydrogen-bond donors (Lipinski definition) is 1. The molecule has 0 bridgehead atoms. The van der Waals surface area contributed by atoms with Gasteiger partial charge in [-0.15, -0.1) is 11.8 Å². The van der Waals surface area contributed by atoms with Crippen LogP contribution in [0.2, 0.25) is 0 Å². The number of carbonyl (C=O) groups excluding carboxylic acids is 2. The zero-order valence-corrected chi connectivity index (χ0v) is 19.4. The molecule has 2 amide bonds. The van der Waals surface area contributed by atoms with E-state index in [1.54, 1.807) is 4.90 Å². The molecule has 8 heteroatoms. The summed E-state index contributed by atoms with van der Waals surface area (Å²) in [5.41, 5.74) is 2.88. The topological polar surface area (TPSA) is 84.7 Å². The number of anilines is 1. The van der Waals surface area contributed by atoms with Gasteiger partial charge in [0.05, 0.1) is 18.0 Å². The van der Waals surface area contributed by atoms with Crippen LogP contribution in [0, 0.1) is 13.8 Å². The van der Waals surface area contributed by atoms with Crippen LogP contribution < -0.4 is 5.32 Å². The molecule has 1 aromatic carbocycles. The predicted molar refractivity (Wildman–Crippen MR) is 120 cm³/mol. The van der Waals surface area contributed by atoms with Crippen molar-refractivity contribution < 1.29 is 18.8 Å². The number of thioether (sulfide) groups is 1. The number of rotatable bonds is 8. The van der Waals surface area contributed by atoms with Gasteiger partial charge in [0.1, 0.15) is 11.4 Å². The molecule has 0 atom stereocenters. The highest BCUT2D eigenvalue weighted by Gasteiger charge is 2.22. The summed E-state index contributed by atoms with van der Waals surface area (Å²) in [7, 11) is 0. The van der Waals surface area contributed by atoms with Gasteiger partial charge in [-0.05, 0) is 53.2 Å². The number of amides is 2. The standard InChI is InChI=1S/C22H31N3O4S/c1-7-25(21(27)28-22(4,5)6)12-17-10-8-9-11-19(17)23-20(26)14-30-13-18-15(2)24-29-16(18)3/h8-11H,7,12-14H2,1-6H3,(H,23,26). The maximum Gasteiger partial charge on any atom is 0.410 e. The smallest absolute Gasteiger partial charge is 0.410 e. The van der Waals surface area contributed by atoms with Crippen LogP contribution >= 0.6 is 11.8 Å². The summed E-state index contributed by atoms with van der Waals surface area (Å²) in [6.07, 6.45) is -0.374. The van der Waals surface area contributed by atoms with Crippen molar-refractivity contribution in [1.29, 1.82) is 0 Å². The molecular formula is C22H31N3O4S. The van der Waals surface area contributed by atoms with Gasteiger partial charge in [0.2, 0.25) is 5.91 Å². The third-order valence-electron chi connectivity index (χ3n) is 4.35. The number of benzene rings is 1. The molecule has 164 valence electrons. The first-order valence-electron chi connectivity index (χ1n) is 9.96. The molecule has 0 aliphatic rings.